The average Bonchev–Trinajstić information content (AvgIpc) is 4.07. The predicted octanol–water partition coefficient (Wildman–Crippen LogP) is 14.7. The summed E-state index contributed by atoms with van der Waals surface area (Å²) in [5.74, 6) is 0. The third-order valence-corrected chi connectivity index (χ3v) is 16.0. The van der Waals surface area contributed by atoms with Crippen molar-refractivity contribution in [2.45, 2.75) is 64.8 Å². The summed E-state index contributed by atoms with van der Waals surface area (Å²) in [6, 6.07) is 69.1. The monoisotopic (exact) mass is 1100 g/mol. The van der Waals surface area contributed by atoms with Crippen LogP contribution in [0.4, 0.5) is 0 Å². The molecule has 9 aromatic rings. The summed E-state index contributed by atoms with van der Waals surface area (Å²) < 4.78 is 0. The van der Waals surface area contributed by atoms with Gasteiger partial charge in [0.05, 0.1) is 16.6 Å². The van der Waals surface area contributed by atoms with Gasteiger partial charge in [-0.2, -0.15) is 55.2 Å². The van der Waals surface area contributed by atoms with Crippen molar-refractivity contribution in [3.05, 3.63) is 295 Å². The molecule has 71 heavy (non-hydrogen) atoms. The normalized spacial score (nSPS) is 15.7. The van der Waals surface area contributed by atoms with Gasteiger partial charge in [-0.3, -0.25) is 4.98 Å². The minimum atomic E-state index is -0.814. The second kappa shape index (κ2) is 16.2. The van der Waals surface area contributed by atoms with Crippen LogP contribution in [0.5, 0.6) is 0 Å². The Morgan fingerprint density at radius 1 is 0.394 bits per heavy atom. The van der Waals surface area contributed by atoms with Crippen molar-refractivity contribution in [3.8, 4) is 33.4 Å². The van der Waals surface area contributed by atoms with Crippen molar-refractivity contribution in [2.75, 3.05) is 7.05 Å². The van der Waals surface area contributed by atoms with Crippen LogP contribution in [0, 0.1) is 67.3 Å². The average molecular weight is 1100 g/mol. The van der Waals surface area contributed by atoms with Crippen LogP contribution in [-0.2, 0) is 37.4 Å². The molecule has 0 unspecified atom stereocenters. The van der Waals surface area contributed by atoms with Crippen molar-refractivity contribution < 1.29 is 21.1 Å². The molecule has 1 aliphatic heterocycles. The number of hydrogen-bond donors (Lipinski definition) is 0. The maximum absolute atomic E-state index is 5.34. The first-order valence-electron chi connectivity index (χ1n) is 24.6. The summed E-state index contributed by atoms with van der Waals surface area (Å²) in [6.07, 6.45) is 6.38. The Kier molecular flexibility index (Phi) is 10.3. The Bertz CT molecular complexity index is 3570. The molecule has 4 heteroatoms. The van der Waals surface area contributed by atoms with Crippen LogP contribution < -0.4 is 0 Å². The van der Waals surface area contributed by atoms with Crippen molar-refractivity contribution in [3.63, 3.8) is 0 Å². The summed E-state index contributed by atoms with van der Waals surface area (Å²) in [5.41, 5.74) is 26.5. The number of pyridine rings is 1. The molecule has 0 spiro atoms. The summed E-state index contributed by atoms with van der Waals surface area (Å²) in [7, 11) is 2.12. The van der Waals surface area contributed by atoms with E-state index in [1.54, 1.807) is 0 Å². The van der Waals surface area contributed by atoms with E-state index >= 15 is 0 Å². The Balaban J connectivity index is 0.00000517. The van der Waals surface area contributed by atoms with Gasteiger partial charge in [0.15, 0.2) is 0 Å². The van der Waals surface area contributed by atoms with Crippen molar-refractivity contribution in [1.29, 1.82) is 0 Å². The van der Waals surface area contributed by atoms with Gasteiger partial charge in [-0.05, 0) is 152 Å². The van der Waals surface area contributed by atoms with Gasteiger partial charge in [-0.25, -0.2) is 0 Å². The minimum Gasteiger partial charge on any atom is -0.511 e. The Labute approximate surface area is 433 Å². The quantitative estimate of drug-likeness (QED) is 0.155. The van der Waals surface area contributed by atoms with Crippen LogP contribution in [0.1, 0.15) is 100 Å². The number of aryl methyl sites for hydroxylation is 7. The fourth-order valence-electron chi connectivity index (χ4n) is 13.0. The minimum absolute atomic E-state index is 0. The summed E-state index contributed by atoms with van der Waals surface area (Å²) in [5, 5.41) is 0. The molecule has 0 amide bonds. The van der Waals surface area contributed by atoms with E-state index < -0.39 is 16.4 Å². The fraction of sp³-hybridized carbons (Fsp3) is 0.164. The zero-order valence-corrected chi connectivity index (χ0v) is 43.8. The van der Waals surface area contributed by atoms with Gasteiger partial charge in [0.1, 0.15) is 0 Å². The molecule has 8 aromatic carbocycles. The van der Waals surface area contributed by atoms with Gasteiger partial charge in [0.2, 0.25) is 0 Å². The van der Waals surface area contributed by atoms with E-state index in [1.165, 1.54) is 106 Å². The number of aromatic nitrogens is 1. The second-order valence-corrected chi connectivity index (χ2v) is 20.7. The molecule has 3 aliphatic carbocycles. The second-order valence-electron chi connectivity index (χ2n) is 20.7. The van der Waals surface area contributed by atoms with Crippen LogP contribution in [0.3, 0.4) is 0 Å². The standard InChI is InChI=1S/C67H54N3.Pt/c1-41-15-21-52-53-22-16-42(2)32-59(53)65(58(52)31-41,49-12-10-14-51(39-49)67(70-30-29-69(8)40-70)62-35-45(5)19-25-56(62)57-26-20-46(6)36-63(57)67)48-11-9-13-50(38-48)66(64-37-47(7)27-28-68-64)60-33-43(3)17-23-54(60)55-24-18-44(4)34-61(55)66;/h9-37,40H,1-8H3;/q-3;. The van der Waals surface area contributed by atoms with Crippen molar-refractivity contribution in [1.82, 2.24) is 14.8 Å². The molecular formula is C67H54N3Pt-3. The molecule has 0 saturated carbocycles. The van der Waals surface area contributed by atoms with E-state index in [0.29, 0.717) is 0 Å². The fourth-order valence-corrected chi connectivity index (χ4v) is 13.0. The van der Waals surface area contributed by atoms with Crippen LogP contribution in [0.2, 0.25) is 0 Å². The first kappa shape index (κ1) is 45.1. The first-order chi connectivity index (χ1) is 33.9. The van der Waals surface area contributed by atoms with Gasteiger partial charge in [-0.15, -0.1) is 22.3 Å². The molecule has 2 heterocycles. The summed E-state index contributed by atoms with van der Waals surface area (Å²) in [6.45, 7) is 17.7. The van der Waals surface area contributed by atoms with E-state index in [9.17, 15) is 0 Å². The third kappa shape index (κ3) is 6.21. The molecule has 0 radical (unpaired) electrons. The van der Waals surface area contributed by atoms with Gasteiger partial charge >= 0.3 is 0 Å². The first-order valence-corrected chi connectivity index (χ1v) is 24.6. The Morgan fingerprint density at radius 2 is 0.746 bits per heavy atom. The van der Waals surface area contributed by atoms with E-state index in [0.717, 1.165) is 27.9 Å². The number of nitrogens with zero attached hydrogens (tertiary/aromatic N) is 3. The SMILES string of the molecule is Cc1ccnc(C2(c3[c-]c(C4(c5[c-]c(C6(N7C=CN(C)[CH-]7)c7cc(C)ccc7-c7ccc(C)cc76)ccc5)c5cc(C)ccc5-c5ccc(C)cc54)ccc3)c3cc(C)ccc3-c3ccc(C)cc32)c1.[Pt]. The van der Waals surface area contributed by atoms with Crippen molar-refractivity contribution in [2.24, 2.45) is 0 Å². The topological polar surface area (TPSA) is 19.4 Å². The third-order valence-electron chi connectivity index (χ3n) is 16.0. The smallest absolute Gasteiger partial charge is 0.0686 e. The summed E-state index contributed by atoms with van der Waals surface area (Å²) in [4.78, 5) is 9.92. The van der Waals surface area contributed by atoms with E-state index in [1.807, 2.05) is 6.20 Å². The van der Waals surface area contributed by atoms with Crippen LogP contribution >= 0.6 is 0 Å². The molecule has 0 fully saturated rings. The largest absolute Gasteiger partial charge is 0.511 e. The molecule has 13 rings (SSSR count). The molecule has 0 bridgehead atoms. The van der Waals surface area contributed by atoms with Gasteiger partial charge in [0.25, 0.3) is 0 Å². The number of rotatable bonds is 6. The maximum atomic E-state index is 5.34. The molecule has 350 valence electrons. The van der Waals surface area contributed by atoms with Crippen LogP contribution in [-0.4, -0.2) is 21.8 Å². The van der Waals surface area contributed by atoms with Crippen molar-refractivity contribution >= 4 is 0 Å². The molecule has 4 aliphatic rings. The van der Waals surface area contributed by atoms with Crippen LogP contribution in [0.25, 0.3) is 33.4 Å². The molecule has 3 nitrogen and oxygen atoms in total. The zero-order valence-electron chi connectivity index (χ0n) is 41.5. The Morgan fingerprint density at radius 3 is 1.15 bits per heavy atom. The van der Waals surface area contributed by atoms with E-state index in [2.05, 4.69) is 254 Å². The summed E-state index contributed by atoms with van der Waals surface area (Å²) >= 11 is 0. The van der Waals surface area contributed by atoms with E-state index in [-0.39, 0.29) is 21.1 Å². The number of fused-ring (bicyclic) bond motifs is 9. The predicted molar refractivity (Wildman–Crippen MR) is 284 cm³/mol. The van der Waals surface area contributed by atoms with Crippen LogP contribution in [0.15, 0.2) is 176 Å². The number of benzene rings is 8. The molecular weight excluding hydrogens is 1040 g/mol. The van der Waals surface area contributed by atoms with Gasteiger partial charge < -0.3 is 9.80 Å². The maximum Gasteiger partial charge on any atom is 0.0686 e. The molecule has 0 N–H and O–H groups in total. The Hall–Kier alpha value is -7.06. The molecule has 0 atom stereocenters. The van der Waals surface area contributed by atoms with Gasteiger partial charge in [0, 0.05) is 32.7 Å². The molecule has 1 aromatic heterocycles. The van der Waals surface area contributed by atoms with E-state index in [4.69, 9.17) is 4.98 Å². The molecule has 0 saturated heterocycles. The number of hydrogen-bond acceptors (Lipinski definition) is 3. The van der Waals surface area contributed by atoms with Gasteiger partial charge in [-0.1, -0.05) is 143 Å². The zero-order chi connectivity index (χ0) is 47.8.